The lowest BCUT2D eigenvalue weighted by atomic mass is 10.0. The minimum absolute atomic E-state index is 0.00774. The Labute approximate surface area is 146 Å². The molecule has 0 bridgehead atoms. The van der Waals surface area contributed by atoms with E-state index in [-0.39, 0.29) is 5.91 Å². The molecule has 0 saturated carbocycles. The quantitative estimate of drug-likeness (QED) is 0.742. The number of nitrogens with zero attached hydrogens (tertiary/aromatic N) is 5. The van der Waals surface area contributed by atoms with Gasteiger partial charge in [0, 0.05) is 39.0 Å². The summed E-state index contributed by atoms with van der Waals surface area (Å²) in [7, 11) is 3.50. The van der Waals surface area contributed by atoms with Gasteiger partial charge in [0.1, 0.15) is 30.3 Å². The number of anilines is 1. The molecular weight excluding hydrogens is 316 g/mol. The fourth-order valence-corrected chi connectivity index (χ4v) is 2.50. The van der Waals surface area contributed by atoms with Crippen LogP contribution in [0.25, 0.3) is 5.82 Å². The second-order valence-electron chi connectivity index (χ2n) is 5.85. The van der Waals surface area contributed by atoms with Crippen LogP contribution in [0.4, 0.5) is 5.82 Å². The van der Waals surface area contributed by atoms with Gasteiger partial charge in [0.15, 0.2) is 0 Å². The molecule has 0 aliphatic carbocycles. The molecule has 3 aromatic rings. The van der Waals surface area contributed by atoms with Crippen LogP contribution in [0.2, 0.25) is 0 Å². The Kier molecular flexibility index (Phi) is 5.03. The van der Waals surface area contributed by atoms with Gasteiger partial charge in [0.2, 0.25) is 5.91 Å². The molecule has 1 aromatic carbocycles. The van der Waals surface area contributed by atoms with Crippen molar-refractivity contribution in [2.24, 2.45) is 0 Å². The average Bonchev–Trinajstić information content (AvgIpc) is 3.16. The molecule has 7 heteroatoms. The number of imidazole rings is 1. The van der Waals surface area contributed by atoms with Gasteiger partial charge in [0.25, 0.3) is 0 Å². The van der Waals surface area contributed by atoms with E-state index >= 15 is 0 Å². The highest BCUT2D eigenvalue weighted by molar-refractivity contribution is 5.84. The molecule has 0 aliphatic heterocycles. The van der Waals surface area contributed by atoms with Crippen molar-refractivity contribution in [3.63, 3.8) is 0 Å². The summed E-state index contributed by atoms with van der Waals surface area (Å²) in [4.78, 5) is 26.6. The van der Waals surface area contributed by atoms with Gasteiger partial charge in [0.05, 0.1) is 0 Å². The highest BCUT2D eigenvalue weighted by Crippen LogP contribution is 2.13. The van der Waals surface area contributed by atoms with Gasteiger partial charge in [-0.05, 0) is 5.56 Å². The molecule has 7 nitrogen and oxygen atoms in total. The van der Waals surface area contributed by atoms with Crippen molar-refractivity contribution >= 4 is 11.7 Å². The number of nitrogens with one attached hydrogen (secondary N) is 1. The Morgan fingerprint density at radius 2 is 2.04 bits per heavy atom. The zero-order chi connectivity index (χ0) is 17.6. The maximum absolute atomic E-state index is 12.6. The Morgan fingerprint density at radius 3 is 2.72 bits per heavy atom. The smallest absolute Gasteiger partial charge is 0.244 e. The topological polar surface area (TPSA) is 75.9 Å². The minimum Gasteiger partial charge on any atom is -0.358 e. The third-order valence-electron chi connectivity index (χ3n) is 3.77. The van der Waals surface area contributed by atoms with Crippen molar-refractivity contribution < 1.29 is 4.79 Å². The summed E-state index contributed by atoms with van der Waals surface area (Å²) in [6, 6.07) is 11.3. The fourth-order valence-electron chi connectivity index (χ4n) is 2.50. The summed E-state index contributed by atoms with van der Waals surface area (Å²) in [6.07, 6.45) is 7.19. The Bertz CT molecular complexity index is 817. The molecule has 0 saturated heterocycles. The molecular formula is C18H20N6O. The molecule has 0 radical (unpaired) electrons. The molecule has 3 rings (SSSR count). The SMILES string of the molecule is CN(C)C(=O)[C@@H](Cc1ccccc1)Nc1cc(-n2ccnc2)ncn1. The molecule has 0 unspecified atom stereocenters. The van der Waals surface area contributed by atoms with Crippen LogP contribution in [0.1, 0.15) is 5.56 Å². The van der Waals surface area contributed by atoms with Crippen LogP contribution < -0.4 is 5.32 Å². The number of carbonyl (C=O) groups excluding carboxylic acids is 1. The van der Waals surface area contributed by atoms with Gasteiger partial charge in [-0.1, -0.05) is 30.3 Å². The summed E-state index contributed by atoms with van der Waals surface area (Å²) in [5, 5.41) is 3.23. The predicted molar refractivity (Wildman–Crippen MR) is 95.4 cm³/mol. The van der Waals surface area contributed by atoms with Crippen molar-refractivity contribution in [2.45, 2.75) is 12.5 Å². The Hall–Kier alpha value is -3.22. The van der Waals surface area contributed by atoms with Crippen LogP contribution in [-0.2, 0) is 11.2 Å². The van der Waals surface area contributed by atoms with Crippen molar-refractivity contribution in [3.05, 3.63) is 67.0 Å². The molecule has 2 heterocycles. The number of hydrogen-bond donors (Lipinski definition) is 1. The van der Waals surface area contributed by atoms with Crippen LogP contribution in [0, 0.1) is 0 Å². The molecule has 0 spiro atoms. The van der Waals surface area contributed by atoms with E-state index in [1.54, 1.807) is 48.3 Å². The summed E-state index contributed by atoms with van der Waals surface area (Å²) in [5.74, 6) is 1.27. The third kappa shape index (κ3) is 4.20. The summed E-state index contributed by atoms with van der Waals surface area (Å²) >= 11 is 0. The number of aromatic nitrogens is 4. The summed E-state index contributed by atoms with van der Waals surface area (Å²) in [5.41, 5.74) is 1.08. The number of rotatable bonds is 6. The summed E-state index contributed by atoms with van der Waals surface area (Å²) in [6.45, 7) is 0. The number of benzene rings is 1. The van der Waals surface area contributed by atoms with Crippen molar-refractivity contribution in [1.29, 1.82) is 0 Å². The monoisotopic (exact) mass is 336 g/mol. The van der Waals surface area contributed by atoms with E-state index in [1.165, 1.54) is 6.33 Å². The summed E-state index contributed by atoms with van der Waals surface area (Å²) < 4.78 is 1.78. The maximum Gasteiger partial charge on any atom is 0.244 e. The van der Waals surface area contributed by atoms with Gasteiger partial charge in [-0.15, -0.1) is 0 Å². The zero-order valence-electron chi connectivity index (χ0n) is 14.2. The van der Waals surface area contributed by atoms with Crippen molar-refractivity contribution in [1.82, 2.24) is 24.4 Å². The van der Waals surface area contributed by atoms with Gasteiger partial charge < -0.3 is 10.2 Å². The number of carbonyl (C=O) groups is 1. The second kappa shape index (κ2) is 7.57. The van der Waals surface area contributed by atoms with Gasteiger partial charge >= 0.3 is 0 Å². The molecule has 0 aliphatic rings. The standard InChI is InChI=1S/C18H20N6O/c1-23(2)18(25)15(10-14-6-4-3-5-7-14)22-16-11-17(21-12-20-16)24-9-8-19-13-24/h3-9,11-13,15H,10H2,1-2H3,(H,20,21,22)/t15-/m1/s1. The lowest BCUT2D eigenvalue weighted by Crippen LogP contribution is -2.40. The lowest BCUT2D eigenvalue weighted by molar-refractivity contribution is -0.129. The lowest BCUT2D eigenvalue weighted by Gasteiger charge is -2.22. The van der Waals surface area contributed by atoms with Gasteiger partial charge in [-0.2, -0.15) is 0 Å². The Balaban J connectivity index is 1.82. The minimum atomic E-state index is -0.414. The highest BCUT2D eigenvalue weighted by Gasteiger charge is 2.21. The molecule has 1 atom stereocenters. The molecule has 128 valence electrons. The van der Waals surface area contributed by atoms with Gasteiger partial charge in [-0.25, -0.2) is 15.0 Å². The van der Waals surface area contributed by atoms with E-state index in [2.05, 4.69) is 20.3 Å². The van der Waals surface area contributed by atoms with Crippen molar-refractivity contribution in [2.75, 3.05) is 19.4 Å². The molecule has 1 N–H and O–H groups in total. The van der Waals surface area contributed by atoms with Crippen LogP contribution in [0.15, 0.2) is 61.4 Å². The van der Waals surface area contributed by atoms with Crippen molar-refractivity contribution in [3.8, 4) is 5.82 Å². The number of likely N-dealkylation sites (N-methyl/N-ethyl adjacent to an activating group) is 1. The number of amides is 1. The van der Waals surface area contributed by atoms with E-state index in [1.807, 2.05) is 30.3 Å². The highest BCUT2D eigenvalue weighted by atomic mass is 16.2. The maximum atomic E-state index is 12.6. The van der Waals surface area contributed by atoms with Crippen LogP contribution in [-0.4, -0.2) is 50.5 Å². The van der Waals surface area contributed by atoms with Crippen LogP contribution in [0.5, 0.6) is 0 Å². The molecule has 0 fully saturated rings. The van der Waals surface area contributed by atoms with E-state index in [0.29, 0.717) is 18.1 Å². The van der Waals surface area contributed by atoms with E-state index < -0.39 is 6.04 Å². The normalized spacial score (nSPS) is 11.8. The third-order valence-corrected chi connectivity index (χ3v) is 3.77. The number of hydrogen-bond acceptors (Lipinski definition) is 5. The molecule has 1 amide bonds. The first-order valence-electron chi connectivity index (χ1n) is 7.95. The van der Waals surface area contributed by atoms with Crippen LogP contribution >= 0.6 is 0 Å². The largest absolute Gasteiger partial charge is 0.358 e. The predicted octanol–water partition coefficient (Wildman–Crippen LogP) is 1.77. The first kappa shape index (κ1) is 16.6. The first-order valence-corrected chi connectivity index (χ1v) is 7.95. The van der Waals surface area contributed by atoms with E-state index in [9.17, 15) is 4.79 Å². The Morgan fingerprint density at radius 1 is 1.24 bits per heavy atom. The average molecular weight is 336 g/mol. The molecule has 2 aromatic heterocycles. The first-order chi connectivity index (χ1) is 12.1. The fraction of sp³-hybridized carbons (Fsp3) is 0.222. The van der Waals surface area contributed by atoms with Gasteiger partial charge in [-0.3, -0.25) is 9.36 Å². The second-order valence-corrected chi connectivity index (χ2v) is 5.85. The van der Waals surface area contributed by atoms with E-state index in [0.717, 1.165) is 5.56 Å². The van der Waals surface area contributed by atoms with E-state index in [4.69, 9.17) is 0 Å². The molecule has 25 heavy (non-hydrogen) atoms. The zero-order valence-corrected chi connectivity index (χ0v) is 14.2. The van der Waals surface area contributed by atoms with Crippen LogP contribution in [0.3, 0.4) is 0 Å².